The third-order valence-electron chi connectivity index (χ3n) is 3.21. The lowest BCUT2D eigenvalue weighted by molar-refractivity contribution is 0.293. The maximum Gasteiger partial charge on any atom is 0.182 e. The molecule has 0 aromatic carbocycles. The van der Waals surface area contributed by atoms with Crippen LogP contribution < -0.4 is 5.32 Å². The predicted molar refractivity (Wildman–Crippen MR) is 66.5 cm³/mol. The minimum atomic E-state index is 0.859. The molecule has 1 aromatic heterocycles. The molecule has 1 aromatic rings. The Balaban J connectivity index is 1.77. The third-order valence-corrected chi connectivity index (χ3v) is 4.12. The van der Waals surface area contributed by atoms with Gasteiger partial charge >= 0.3 is 0 Å². The molecule has 2 nitrogen and oxygen atoms in total. The topological polar surface area (TPSA) is 24.9 Å². The van der Waals surface area contributed by atoms with Crippen LogP contribution in [0.15, 0.2) is 5.38 Å². The summed E-state index contributed by atoms with van der Waals surface area (Å²) < 4.78 is 0. The lowest BCUT2D eigenvalue weighted by atomic mass is 9.82. The van der Waals surface area contributed by atoms with E-state index in [0.29, 0.717) is 0 Å². The molecular weight excluding hydrogens is 204 g/mol. The lowest BCUT2D eigenvalue weighted by Crippen LogP contribution is -2.20. The van der Waals surface area contributed by atoms with Crippen molar-refractivity contribution in [1.29, 1.82) is 0 Å². The maximum atomic E-state index is 4.42. The van der Waals surface area contributed by atoms with Gasteiger partial charge in [0.25, 0.3) is 0 Å². The molecule has 1 aliphatic rings. The van der Waals surface area contributed by atoms with E-state index in [1.807, 2.05) is 6.92 Å². The van der Waals surface area contributed by atoms with Gasteiger partial charge in [-0.05, 0) is 31.6 Å². The summed E-state index contributed by atoms with van der Waals surface area (Å²) >= 11 is 1.72. The van der Waals surface area contributed by atoms with Gasteiger partial charge in [-0.15, -0.1) is 11.3 Å². The van der Waals surface area contributed by atoms with Crippen LogP contribution in [0, 0.1) is 18.8 Å². The van der Waals surface area contributed by atoms with Crippen molar-refractivity contribution < 1.29 is 0 Å². The highest BCUT2D eigenvalue weighted by molar-refractivity contribution is 7.13. The van der Waals surface area contributed by atoms with E-state index in [0.717, 1.165) is 29.2 Å². The largest absolute Gasteiger partial charge is 0.361 e. The second-order valence-corrected chi connectivity index (χ2v) is 5.67. The van der Waals surface area contributed by atoms with Crippen LogP contribution in [0.1, 0.15) is 38.3 Å². The Morgan fingerprint density at radius 1 is 1.53 bits per heavy atom. The van der Waals surface area contributed by atoms with Crippen LogP contribution >= 0.6 is 11.3 Å². The van der Waals surface area contributed by atoms with Gasteiger partial charge in [-0.2, -0.15) is 0 Å². The van der Waals surface area contributed by atoms with Crippen LogP contribution in [0.2, 0.25) is 0 Å². The normalized spacial score (nSPS) is 26.5. The summed E-state index contributed by atoms with van der Waals surface area (Å²) in [6.45, 7) is 5.53. The van der Waals surface area contributed by atoms with Crippen LogP contribution in [0.3, 0.4) is 0 Å². The van der Waals surface area contributed by atoms with Gasteiger partial charge in [0.15, 0.2) is 5.13 Å². The number of aromatic nitrogens is 1. The number of anilines is 1. The first-order valence-electron chi connectivity index (χ1n) is 5.90. The van der Waals surface area contributed by atoms with Gasteiger partial charge in [0.1, 0.15) is 0 Å². The molecule has 0 radical (unpaired) electrons. The molecule has 2 atom stereocenters. The quantitative estimate of drug-likeness (QED) is 0.847. The van der Waals surface area contributed by atoms with Crippen molar-refractivity contribution in [2.24, 2.45) is 11.8 Å². The molecule has 2 rings (SSSR count). The molecule has 1 fully saturated rings. The second kappa shape index (κ2) is 4.97. The van der Waals surface area contributed by atoms with Crippen molar-refractivity contribution in [2.75, 3.05) is 11.9 Å². The molecule has 0 bridgehead atoms. The van der Waals surface area contributed by atoms with Gasteiger partial charge in [-0.25, -0.2) is 4.98 Å². The highest BCUT2D eigenvalue weighted by Crippen LogP contribution is 2.28. The van der Waals surface area contributed by atoms with Gasteiger partial charge in [-0.1, -0.05) is 19.8 Å². The smallest absolute Gasteiger partial charge is 0.182 e. The van der Waals surface area contributed by atoms with E-state index >= 15 is 0 Å². The average Bonchev–Trinajstić information content (AvgIpc) is 2.62. The summed E-state index contributed by atoms with van der Waals surface area (Å²) in [6, 6.07) is 0. The zero-order chi connectivity index (χ0) is 10.7. The summed E-state index contributed by atoms with van der Waals surface area (Å²) in [6.07, 6.45) is 5.61. The molecule has 3 heteroatoms. The zero-order valence-corrected chi connectivity index (χ0v) is 10.4. The second-order valence-electron chi connectivity index (χ2n) is 4.81. The number of nitrogens with zero attached hydrogens (tertiary/aromatic N) is 1. The first-order valence-corrected chi connectivity index (χ1v) is 6.78. The van der Waals surface area contributed by atoms with Crippen LogP contribution in [0.5, 0.6) is 0 Å². The SMILES string of the molecule is Cc1csc(NCC2CCCC(C)C2)n1. The Labute approximate surface area is 96.1 Å². The van der Waals surface area contributed by atoms with E-state index < -0.39 is 0 Å². The number of hydrogen-bond acceptors (Lipinski definition) is 3. The molecule has 84 valence electrons. The molecule has 1 heterocycles. The number of aryl methyl sites for hydroxylation is 1. The van der Waals surface area contributed by atoms with Crippen molar-refractivity contribution in [3.05, 3.63) is 11.1 Å². The van der Waals surface area contributed by atoms with E-state index in [4.69, 9.17) is 0 Å². The molecule has 1 N–H and O–H groups in total. The first-order chi connectivity index (χ1) is 7.24. The predicted octanol–water partition coefficient (Wildman–Crippen LogP) is 3.69. The van der Waals surface area contributed by atoms with Crippen LogP contribution in [0.25, 0.3) is 0 Å². The molecule has 1 aliphatic carbocycles. The van der Waals surface area contributed by atoms with Crippen LogP contribution in [-0.2, 0) is 0 Å². The molecule has 1 saturated carbocycles. The number of thiazole rings is 1. The zero-order valence-electron chi connectivity index (χ0n) is 9.62. The highest BCUT2D eigenvalue weighted by atomic mass is 32.1. The van der Waals surface area contributed by atoms with Crippen molar-refractivity contribution in [1.82, 2.24) is 4.98 Å². The van der Waals surface area contributed by atoms with Crippen molar-refractivity contribution in [2.45, 2.75) is 39.5 Å². The molecular formula is C12H20N2S. The van der Waals surface area contributed by atoms with E-state index in [1.54, 1.807) is 11.3 Å². The maximum absolute atomic E-state index is 4.42. The molecule has 0 aliphatic heterocycles. The number of hydrogen-bond donors (Lipinski definition) is 1. The van der Waals surface area contributed by atoms with E-state index in [1.165, 1.54) is 25.7 Å². The van der Waals surface area contributed by atoms with E-state index in [-0.39, 0.29) is 0 Å². The summed E-state index contributed by atoms with van der Waals surface area (Å²) in [4.78, 5) is 4.42. The fraction of sp³-hybridized carbons (Fsp3) is 0.750. The summed E-state index contributed by atoms with van der Waals surface area (Å²) in [5.74, 6) is 1.78. The van der Waals surface area contributed by atoms with Crippen LogP contribution in [-0.4, -0.2) is 11.5 Å². The molecule has 0 spiro atoms. The fourth-order valence-electron chi connectivity index (χ4n) is 2.41. The lowest BCUT2D eigenvalue weighted by Gasteiger charge is -2.26. The highest BCUT2D eigenvalue weighted by Gasteiger charge is 2.18. The first kappa shape index (κ1) is 10.9. The molecule has 0 saturated heterocycles. The number of rotatable bonds is 3. The van der Waals surface area contributed by atoms with Gasteiger partial charge in [0, 0.05) is 11.9 Å². The Kier molecular flexibility index (Phi) is 3.62. The Hall–Kier alpha value is -0.570. The van der Waals surface area contributed by atoms with Gasteiger partial charge in [0.05, 0.1) is 5.69 Å². The molecule has 0 amide bonds. The minimum absolute atomic E-state index is 0.859. The van der Waals surface area contributed by atoms with Gasteiger partial charge in [0.2, 0.25) is 0 Å². The fourth-order valence-corrected chi connectivity index (χ4v) is 3.11. The van der Waals surface area contributed by atoms with Crippen LogP contribution in [0.4, 0.5) is 5.13 Å². The third kappa shape index (κ3) is 3.20. The van der Waals surface area contributed by atoms with E-state index in [2.05, 4.69) is 22.6 Å². The molecule has 2 unspecified atom stereocenters. The van der Waals surface area contributed by atoms with Crippen molar-refractivity contribution >= 4 is 16.5 Å². The Morgan fingerprint density at radius 3 is 3.07 bits per heavy atom. The average molecular weight is 224 g/mol. The Bertz CT molecular complexity index is 308. The van der Waals surface area contributed by atoms with Crippen molar-refractivity contribution in [3.63, 3.8) is 0 Å². The van der Waals surface area contributed by atoms with Gasteiger partial charge in [-0.3, -0.25) is 0 Å². The standard InChI is InChI=1S/C12H20N2S/c1-9-4-3-5-11(6-9)7-13-12-14-10(2)8-15-12/h8-9,11H,3-7H2,1-2H3,(H,13,14). The summed E-state index contributed by atoms with van der Waals surface area (Å²) in [5, 5.41) is 6.65. The Morgan fingerprint density at radius 2 is 2.40 bits per heavy atom. The van der Waals surface area contributed by atoms with E-state index in [9.17, 15) is 0 Å². The summed E-state index contributed by atoms with van der Waals surface area (Å²) in [7, 11) is 0. The number of nitrogens with one attached hydrogen (secondary N) is 1. The monoisotopic (exact) mass is 224 g/mol. The minimum Gasteiger partial charge on any atom is -0.361 e. The summed E-state index contributed by atoms with van der Waals surface area (Å²) in [5.41, 5.74) is 1.12. The van der Waals surface area contributed by atoms with Gasteiger partial charge < -0.3 is 5.32 Å². The molecule has 15 heavy (non-hydrogen) atoms. The van der Waals surface area contributed by atoms with Crippen molar-refractivity contribution in [3.8, 4) is 0 Å².